The first kappa shape index (κ1) is 22.3. The Balaban J connectivity index is 1.33. The lowest BCUT2D eigenvalue weighted by Crippen LogP contribution is -2.24. The summed E-state index contributed by atoms with van der Waals surface area (Å²) in [5.41, 5.74) is 2.77. The highest BCUT2D eigenvalue weighted by atomic mass is 35.5. The molecule has 3 aromatic carbocycles. The van der Waals surface area contributed by atoms with Crippen LogP contribution < -0.4 is 14.4 Å². The van der Waals surface area contributed by atoms with Gasteiger partial charge in [-0.3, -0.25) is 4.79 Å². The van der Waals surface area contributed by atoms with Gasteiger partial charge in [-0.05, 0) is 55.0 Å². The van der Waals surface area contributed by atoms with Crippen LogP contribution >= 0.6 is 11.6 Å². The molecule has 2 heterocycles. The van der Waals surface area contributed by atoms with E-state index in [-0.39, 0.29) is 11.8 Å². The van der Waals surface area contributed by atoms with Crippen LogP contribution in [0.2, 0.25) is 5.02 Å². The molecule has 5 rings (SSSR count). The lowest BCUT2D eigenvalue weighted by atomic mass is 10.1. The Morgan fingerprint density at radius 2 is 1.74 bits per heavy atom. The number of aromatic nitrogens is 2. The second-order valence-electron chi connectivity index (χ2n) is 8.34. The van der Waals surface area contributed by atoms with Gasteiger partial charge in [-0.1, -0.05) is 35.9 Å². The summed E-state index contributed by atoms with van der Waals surface area (Å²) in [6.45, 7) is 1.89. The molecule has 1 saturated heterocycles. The molecule has 1 fully saturated rings. The molecular weight excluding hydrogens is 450 g/mol. The lowest BCUT2D eigenvalue weighted by molar-refractivity contribution is -0.117. The Bertz CT molecular complexity index is 1300. The Morgan fingerprint density at radius 3 is 2.53 bits per heavy atom. The van der Waals surface area contributed by atoms with Crippen LogP contribution in [0.15, 0.2) is 72.8 Å². The molecule has 0 aliphatic carbocycles. The number of aryl methyl sites for hydroxylation is 1. The number of ether oxygens (including phenoxy) is 2. The molecule has 34 heavy (non-hydrogen) atoms. The largest absolute Gasteiger partial charge is 0.497 e. The van der Waals surface area contributed by atoms with Crippen molar-refractivity contribution in [1.29, 1.82) is 0 Å². The van der Waals surface area contributed by atoms with Crippen molar-refractivity contribution in [2.45, 2.75) is 25.3 Å². The minimum Gasteiger partial charge on any atom is -0.497 e. The number of methoxy groups -OCH3 is 1. The molecule has 1 aliphatic rings. The third-order valence-corrected chi connectivity index (χ3v) is 6.49. The maximum absolute atomic E-state index is 12.9. The quantitative estimate of drug-likeness (QED) is 0.307. The third-order valence-electron chi connectivity index (χ3n) is 6.17. The topological polar surface area (TPSA) is 56.6 Å². The Kier molecular flexibility index (Phi) is 6.41. The lowest BCUT2D eigenvalue weighted by Gasteiger charge is -2.18. The molecule has 1 unspecified atom stereocenters. The zero-order valence-electron chi connectivity index (χ0n) is 19.0. The number of carbonyl (C=O) groups excluding carboxylic acids is 1. The number of hydrogen-bond donors (Lipinski definition) is 0. The van der Waals surface area contributed by atoms with Crippen molar-refractivity contribution < 1.29 is 14.3 Å². The van der Waals surface area contributed by atoms with Crippen molar-refractivity contribution in [2.24, 2.45) is 0 Å². The number of para-hydroxylation sites is 3. The second-order valence-corrected chi connectivity index (χ2v) is 8.75. The number of imidazole rings is 1. The van der Waals surface area contributed by atoms with Gasteiger partial charge in [-0.25, -0.2) is 4.98 Å². The zero-order chi connectivity index (χ0) is 23.5. The van der Waals surface area contributed by atoms with Crippen molar-refractivity contribution in [3.8, 4) is 11.5 Å². The van der Waals surface area contributed by atoms with Crippen molar-refractivity contribution in [3.63, 3.8) is 0 Å². The maximum atomic E-state index is 12.9. The number of halogens is 1. The molecular formula is C27H26ClN3O3. The first-order valence-electron chi connectivity index (χ1n) is 11.4. The van der Waals surface area contributed by atoms with Crippen molar-refractivity contribution >= 4 is 34.2 Å². The number of nitrogens with zero attached hydrogens (tertiary/aromatic N) is 3. The van der Waals surface area contributed by atoms with E-state index in [9.17, 15) is 4.79 Å². The summed E-state index contributed by atoms with van der Waals surface area (Å²) in [6, 6.07) is 23.2. The molecule has 1 amide bonds. The van der Waals surface area contributed by atoms with Crippen LogP contribution in [0.25, 0.3) is 11.0 Å². The zero-order valence-corrected chi connectivity index (χ0v) is 19.7. The second kappa shape index (κ2) is 9.77. The Labute approximate surface area is 203 Å². The van der Waals surface area contributed by atoms with E-state index in [2.05, 4.69) is 10.6 Å². The van der Waals surface area contributed by atoms with Gasteiger partial charge >= 0.3 is 0 Å². The van der Waals surface area contributed by atoms with Gasteiger partial charge in [0.15, 0.2) is 0 Å². The molecule has 6 nitrogen and oxygen atoms in total. The van der Waals surface area contributed by atoms with Crippen LogP contribution in [0, 0.1) is 0 Å². The van der Waals surface area contributed by atoms with Gasteiger partial charge in [0.1, 0.15) is 17.3 Å². The van der Waals surface area contributed by atoms with E-state index < -0.39 is 0 Å². The molecule has 0 bridgehead atoms. The fraction of sp³-hybridized carbons (Fsp3) is 0.259. The Hall–Kier alpha value is -3.51. The van der Waals surface area contributed by atoms with E-state index in [1.807, 2.05) is 66.7 Å². The minimum atomic E-state index is -0.00122. The van der Waals surface area contributed by atoms with Crippen LogP contribution in [0.5, 0.6) is 11.5 Å². The summed E-state index contributed by atoms with van der Waals surface area (Å²) in [5.74, 6) is 2.62. The van der Waals surface area contributed by atoms with Gasteiger partial charge in [0.2, 0.25) is 5.91 Å². The number of benzene rings is 3. The molecule has 4 aromatic rings. The van der Waals surface area contributed by atoms with Gasteiger partial charge < -0.3 is 18.9 Å². The summed E-state index contributed by atoms with van der Waals surface area (Å²) >= 11 is 6.38. The minimum absolute atomic E-state index is 0.00122. The average molecular weight is 476 g/mol. The summed E-state index contributed by atoms with van der Waals surface area (Å²) in [6.07, 6.45) is 1.23. The molecule has 7 heteroatoms. The average Bonchev–Trinajstić information content (AvgIpc) is 3.43. The van der Waals surface area contributed by atoms with E-state index in [4.69, 9.17) is 26.1 Å². The summed E-state index contributed by atoms with van der Waals surface area (Å²) < 4.78 is 13.4. The van der Waals surface area contributed by atoms with Gasteiger partial charge in [0, 0.05) is 25.4 Å². The smallest absolute Gasteiger partial charge is 0.227 e. The van der Waals surface area contributed by atoms with Crippen LogP contribution in [0.1, 0.15) is 24.6 Å². The normalized spacial score (nSPS) is 15.8. The highest BCUT2D eigenvalue weighted by molar-refractivity contribution is 6.33. The van der Waals surface area contributed by atoms with Crippen LogP contribution in [0.3, 0.4) is 0 Å². The molecule has 1 atom stereocenters. The maximum Gasteiger partial charge on any atom is 0.227 e. The number of anilines is 1. The van der Waals surface area contributed by atoms with Crippen molar-refractivity contribution in [3.05, 3.63) is 83.6 Å². The molecule has 0 N–H and O–H groups in total. The van der Waals surface area contributed by atoms with Gasteiger partial charge in [0.05, 0.1) is 35.5 Å². The molecule has 174 valence electrons. The van der Waals surface area contributed by atoms with Crippen LogP contribution in [0.4, 0.5) is 5.69 Å². The highest BCUT2D eigenvalue weighted by Crippen LogP contribution is 2.36. The van der Waals surface area contributed by atoms with Crippen molar-refractivity contribution in [1.82, 2.24) is 9.55 Å². The highest BCUT2D eigenvalue weighted by Gasteiger charge is 2.35. The monoisotopic (exact) mass is 475 g/mol. The van der Waals surface area contributed by atoms with Crippen molar-refractivity contribution in [2.75, 3.05) is 25.2 Å². The number of fused-ring (bicyclic) bond motifs is 1. The first-order valence-corrected chi connectivity index (χ1v) is 11.8. The molecule has 0 radical (unpaired) electrons. The number of carbonyl (C=O) groups is 1. The molecule has 0 spiro atoms. The van der Waals surface area contributed by atoms with Gasteiger partial charge in [-0.2, -0.15) is 0 Å². The van der Waals surface area contributed by atoms with E-state index in [0.717, 1.165) is 47.0 Å². The first-order chi connectivity index (χ1) is 16.6. The van der Waals surface area contributed by atoms with Gasteiger partial charge in [0.25, 0.3) is 0 Å². The van der Waals surface area contributed by atoms with E-state index in [1.54, 1.807) is 12.0 Å². The SMILES string of the molecule is COc1ccc(OCCCn2c(C3CC(=O)N(c4ccccc4Cl)C3)nc3ccccc32)cc1. The van der Waals surface area contributed by atoms with E-state index in [1.165, 1.54) is 0 Å². The standard InChI is InChI=1S/C27H26ClN3O3/c1-33-20-11-13-21(14-12-20)34-16-6-15-30-25-10-5-3-8-23(25)29-27(30)19-17-26(32)31(18-19)24-9-4-2-7-22(24)28/h2-5,7-14,19H,6,15-18H2,1H3. The Morgan fingerprint density at radius 1 is 1.00 bits per heavy atom. The number of amides is 1. The van der Waals surface area contributed by atoms with E-state index >= 15 is 0 Å². The summed E-state index contributed by atoms with van der Waals surface area (Å²) in [4.78, 5) is 19.6. The molecule has 0 saturated carbocycles. The predicted molar refractivity (Wildman–Crippen MR) is 134 cm³/mol. The summed E-state index contributed by atoms with van der Waals surface area (Å²) in [7, 11) is 1.65. The van der Waals surface area contributed by atoms with Crippen LogP contribution in [-0.4, -0.2) is 35.7 Å². The van der Waals surface area contributed by atoms with Gasteiger partial charge in [-0.15, -0.1) is 0 Å². The fourth-order valence-electron chi connectivity index (χ4n) is 4.51. The fourth-order valence-corrected chi connectivity index (χ4v) is 4.75. The van der Waals surface area contributed by atoms with E-state index in [0.29, 0.717) is 24.6 Å². The molecule has 1 aromatic heterocycles. The third kappa shape index (κ3) is 4.46. The summed E-state index contributed by atoms with van der Waals surface area (Å²) in [5, 5.41) is 0.584. The molecule has 1 aliphatic heterocycles. The number of rotatable bonds is 8. The predicted octanol–water partition coefficient (Wildman–Crippen LogP) is 5.69. The number of hydrogen-bond acceptors (Lipinski definition) is 4. The van der Waals surface area contributed by atoms with Crippen LogP contribution in [-0.2, 0) is 11.3 Å².